The van der Waals surface area contributed by atoms with E-state index < -0.39 is 0 Å². The van der Waals surface area contributed by atoms with Crippen LogP contribution in [-0.2, 0) is 6.54 Å². The van der Waals surface area contributed by atoms with Crippen molar-refractivity contribution in [1.29, 1.82) is 0 Å². The van der Waals surface area contributed by atoms with E-state index in [0.29, 0.717) is 0 Å². The van der Waals surface area contributed by atoms with E-state index in [1.807, 2.05) is 11.3 Å². The van der Waals surface area contributed by atoms with Crippen LogP contribution in [0.5, 0.6) is 0 Å². The van der Waals surface area contributed by atoms with Crippen molar-refractivity contribution >= 4 is 32.3 Å². The van der Waals surface area contributed by atoms with Gasteiger partial charge in [0, 0.05) is 11.5 Å². The highest BCUT2D eigenvalue weighted by Gasteiger charge is 2.11. The first-order valence-electron chi connectivity index (χ1n) is 5.18. The van der Waals surface area contributed by atoms with Gasteiger partial charge in [0.25, 0.3) is 0 Å². The summed E-state index contributed by atoms with van der Waals surface area (Å²) in [5, 5.41) is 2.70. The molecule has 0 aliphatic heterocycles. The van der Waals surface area contributed by atoms with Crippen molar-refractivity contribution in [2.45, 2.75) is 13.5 Å². The molecule has 1 nitrogen and oxygen atoms in total. The summed E-state index contributed by atoms with van der Waals surface area (Å²) in [7, 11) is 0. The molecule has 0 spiro atoms. The van der Waals surface area contributed by atoms with E-state index in [1.54, 1.807) is 0 Å². The van der Waals surface area contributed by atoms with Crippen LogP contribution in [0.15, 0.2) is 41.9 Å². The van der Waals surface area contributed by atoms with Crippen molar-refractivity contribution < 1.29 is 21.5 Å². The Bertz CT molecular complexity index is 630. The fourth-order valence-electron chi connectivity index (χ4n) is 2.00. The molecule has 0 radical (unpaired) electrons. The zero-order valence-electron chi connectivity index (χ0n) is 8.98. The van der Waals surface area contributed by atoms with E-state index in [-0.39, 0.29) is 17.0 Å². The molecule has 0 aliphatic carbocycles. The summed E-state index contributed by atoms with van der Waals surface area (Å²) in [6.07, 6.45) is 0. The van der Waals surface area contributed by atoms with E-state index in [9.17, 15) is 0 Å². The fourth-order valence-corrected chi connectivity index (χ4v) is 3.11. The number of nitrogens with zero attached hydrogens (tertiary/aromatic N) is 1. The first-order chi connectivity index (χ1) is 7.40. The molecule has 1 aromatic heterocycles. The van der Waals surface area contributed by atoms with Gasteiger partial charge in [0.15, 0.2) is 0 Å². The number of halogens is 1. The van der Waals surface area contributed by atoms with Crippen LogP contribution in [0, 0.1) is 0 Å². The van der Waals surface area contributed by atoms with Gasteiger partial charge in [0.05, 0.1) is 0 Å². The highest BCUT2D eigenvalue weighted by Crippen LogP contribution is 2.26. The number of fused-ring (bicyclic) bond motifs is 3. The van der Waals surface area contributed by atoms with Crippen LogP contribution in [0.1, 0.15) is 6.92 Å². The predicted molar refractivity (Wildman–Crippen MR) is 65.2 cm³/mol. The highest BCUT2D eigenvalue weighted by molar-refractivity contribution is 7.17. The molecule has 3 aromatic rings. The Labute approximate surface area is 109 Å². The SMILES string of the molecule is CC[n+]1csc2c3ccccc3ccc21.[Br-]. The van der Waals surface area contributed by atoms with Crippen LogP contribution in [0.4, 0.5) is 0 Å². The number of benzene rings is 2. The summed E-state index contributed by atoms with van der Waals surface area (Å²) in [6.45, 7) is 3.22. The van der Waals surface area contributed by atoms with Crippen LogP contribution < -0.4 is 21.5 Å². The Kier molecular flexibility index (Phi) is 3.26. The normalized spacial score (nSPS) is 10.6. The Morgan fingerprint density at radius 2 is 1.94 bits per heavy atom. The number of aromatic nitrogens is 1. The maximum atomic E-state index is 2.30. The van der Waals surface area contributed by atoms with Gasteiger partial charge in [-0.3, -0.25) is 0 Å². The van der Waals surface area contributed by atoms with E-state index in [4.69, 9.17) is 0 Å². The Balaban J connectivity index is 0.000000963. The molecular formula is C13H12BrNS. The molecule has 0 fully saturated rings. The lowest BCUT2D eigenvalue weighted by molar-refractivity contribution is -0.663. The highest BCUT2D eigenvalue weighted by atomic mass is 79.9. The standard InChI is InChI=1S/C13H12NS.BrH/c1-2-14-9-15-13-11-6-4-3-5-10(11)7-8-12(13)14;/h3-9H,2H2,1H3;1H/q+1;/p-1. The van der Waals surface area contributed by atoms with E-state index in [1.165, 1.54) is 21.0 Å². The maximum Gasteiger partial charge on any atom is 0.225 e. The van der Waals surface area contributed by atoms with Gasteiger partial charge in [-0.05, 0) is 18.4 Å². The molecule has 0 saturated heterocycles. The van der Waals surface area contributed by atoms with Gasteiger partial charge in [-0.2, -0.15) is 4.57 Å². The van der Waals surface area contributed by atoms with Crippen LogP contribution in [-0.4, -0.2) is 0 Å². The molecule has 82 valence electrons. The molecule has 3 rings (SSSR count). The molecular weight excluding hydrogens is 282 g/mol. The average Bonchev–Trinajstić information content (AvgIpc) is 2.72. The van der Waals surface area contributed by atoms with Crippen LogP contribution >= 0.6 is 11.3 Å². The molecule has 1 heterocycles. The summed E-state index contributed by atoms with van der Waals surface area (Å²) >= 11 is 1.83. The third-order valence-electron chi connectivity index (χ3n) is 2.81. The minimum absolute atomic E-state index is 0. The summed E-state index contributed by atoms with van der Waals surface area (Å²) in [5.41, 5.74) is 3.55. The maximum absolute atomic E-state index is 2.30. The van der Waals surface area contributed by atoms with E-state index >= 15 is 0 Å². The van der Waals surface area contributed by atoms with Gasteiger partial charge in [0.1, 0.15) is 11.2 Å². The van der Waals surface area contributed by atoms with Gasteiger partial charge >= 0.3 is 0 Å². The first kappa shape index (κ1) is 11.6. The minimum atomic E-state index is 0. The van der Waals surface area contributed by atoms with Crippen molar-refractivity contribution in [3.05, 3.63) is 41.9 Å². The zero-order valence-corrected chi connectivity index (χ0v) is 11.4. The van der Waals surface area contributed by atoms with Crippen LogP contribution in [0.2, 0.25) is 0 Å². The Morgan fingerprint density at radius 1 is 1.12 bits per heavy atom. The molecule has 0 atom stereocenters. The summed E-state index contributed by atoms with van der Waals surface area (Å²) in [6, 6.07) is 13.0. The van der Waals surface area contributed by atoms with Gasteiger partial charge in [-0.25, -0.2) is 0 Å². The number of hydrogen-bond donors (Lipinski definition) is 0. The second kappa shape index (κ2) is 4.52. The molecule has 0 amide bonds. The molecule has 3 heteroatoms. The van der Waals surface area contributed by atoms with Crippen LogP contribution in [0.3, 0.4) is 0 Å². The second-order valence-corrected chi connectivity index (χ2v) is 4.50. The molecule has 16 heavy (non-hydrogen) atoms. The van der Waals surface area contributed by atoms with Crippen molar-refractivity contribution in [2.75, 3.05) is 0 Å². The molecule has 0 saturated carbocycles. The molecule has 0 N–H and O–H groups in total. The lowest BCUT2D eigenvalue weighted by Gasteiger charge is -1.96. The summed E-state index contributed by atoms with van der Waals surface area (Å²) in [4.78, 5) is 0. The van der Waals surface area contributed by atoms with Crippen molar-refractivity contribution in [1.82, 2.24) is 0 Å². The summed E-state index contributed by atoms with van der Waals surface area (Å²) < 4.78 is 3.70. The van der Waals surface area contributed by atoms with Crippen molar-refractivity contribution in [3.63, 3.8) is 0 Å². The first-order valence-corrected chi connectivity index (χ1v) is 6.06. The zero-order chi connectivity index (χ0) is 10.3. The molecule has 0 aliphatic rings. The lowest BCUT2D eigenvalue weighted by Crippen LogP contribution is -3.00. The predicted octanol–water partition coefficient (Wildman–Crippen LogP) is 0.366. The molecule has 0 bridgehead atoms. The molecule has 2 aromatic carbocycles. The lowest BCUT2D eigenvalue weighted by atomic mass is 10.1. The number of hydrogen-bond acceptors (Lipinski definition) is 1. The monoisotopic (exact) mass is 293 g/mol. The Morgan fingerprint density at radius 3 is 2.75 bits per heavy atom. The largest absolute Gasteiger partial charge is 1.00 e. The summed E-state index contributed by atoms with van der Waals surface area (Å²) in [5.74, 6) is 0. The van der Waals surface area contributed by atoms with Gasteiger partial charge in [-0.1, -0.05) is 35.6 Å². The van der Waals surface area contributed by atoms with Gasteiger partial charge < -0.3 is 17.0 Å². The fraction of sp³-hybridized carbons (Fsp3) is 0.154. The quantitative estimate of drug-likeness (QED) is 0.571. The van der Waals surface area contributed by atoms with Crippen molar-refractivity contribution in [3.8, 4) is 0 Å². The minimum Gasteiger partial charge on any atom is -1.00 e. The van der Waals surface area contributed by atoms with Crippen LogP contribution in [0.25, 0.3) is 21.0 Å². The third kappa shape index (κ3) is 1.64. The number of aryl methyl sites for hydroxylation is 1. The Hall–Kier alpha value is -0.930. The van der Waals surface area contributed by atoms with Gasteiger partial charge in [-0.15, -0.1) is 0 Å². The van der Waals surface area contributed by atoms with E-state index in [2.05, 4.69) is 53.4 Å². The number of rotatable bonds is 1. The van der Waals surface area contributed by atoms with E-state index in [0.717, 1.165) is 6.54 Å². The third-order valence-corrected chi connectivity index (χ3v) is 3.83. The molecule has 0 unspecified atom stereocenters. The number of thiazole rings is 1. The van der Waals surface area contributed by atoms with Gasteiger partial charge in [0.2, 0.25) is 11.0 Å². The second-order valence-electron chi connectivity index (χ2n) is 3.64. The smallest absolute Gasteiger partial charge is 0.225 e. The topological polar surface area (TPSA) is 3.88 Å². The average molecular weight is 294 g/mol. The van der Waals surface area contributed by atoms with Crippen molar-refractivity contribution in [2.24, 2.45) is 0 Å².